The van der Waals surface area contributed by atoms with E-state index in [9.17, 15) is 0 Å². The van der Waals surface area contributed by atoms with E-state index in [2.05, 4.69) is 42.4 Å². The van der Waals surface area contributed by atoms with Crippen LogP contribution in [0.1, 0.15) is 49.7 Å². The van der Waals surface area contributed by atoms with Crippen LogP contribution in [0.5, 0.6) is 0 Å². The maximum absolute atomic E-state index is 5.39. The topological polar surface area (TPSA) is 12.0 Å². The Morgan fingerprint density at radius 2 is 2.25 bits per heavy atom. The van der Waals surface area contributed by atoms with Gasteiger partial charge in [0.2, 0.25) is 0 Å². The third-order valence-corrected chi connectivity index (χ3v) is 5.16. The van der Waals surface area contributed by atoms with Crippen LogP contribution in [0.25, 0.3) is 0 Å². The summed E-state index contributed by atoms with van der Waals surface area (Å²) >= 11 is 0. The van der Waals surface area contributed by atoms with Crippen molar-refractivity contribution in [3.63, 3.8) is 0 Å². The van der Waals surface area contributed by atoms with Crippen molar-refractivity contribution in [1.82, 2.24) is 5.32 Å². The summed E-state index contributed by atoms with van der Waals surface area (Å²) in [5, 5.41) is 3.72. The molecule has 1 N–H and O–H groups in total. The zero-order chi connectivity index (χ0) is 13.9. The molecule has 0 bridgehead atoms. The van der Waals surface area contributed by atoms with Crippen molar-refractivity contribution < 1.29 is 0 Å². The van der Waals surface area contributed by atoms with E-state index < -0.39 is 0 Å². The van der Waals surface area contributed by atoms with E-state index in [1.54, 1.807) is 11.1 Å². The Balaban J connectivity index is 1.71. The molecule has 0 amide bonds. The van der Waals surface area contributed by atoms with Gasteiger partial charge in [0, 0.05) is 12.5 Å². The quantitative estimate of drug-likeness (QED) is 0.611. The monoisotopic (exact) mass is 267 g/mol. The first-order chi connectivity index (χ1) is 9.86. The van der Waals surface area contributed by atoms with E-state index in [0.717, 1.165) is 37.1 Å². The molecular weight excluding hydrogens is 242 g/mol. The SMILES string of the molecule is C#CCCCC(NCC)C1C2CCc3ccccc3C21. The smallest absolute Gasteiger partial charge is 0.0104 e. The number of benzene rings is 1. The highest BCUT2D eigenvalue weighted by Gasteiger charge is 2.55. The van der Waals surface area contributed by atoms with Gasteiger partial charge in [0.1, 0.15) is 0 Å². The van der Waals surface area contributed by atoms with Gasteiger partial charge in [0.25, 0.3) is 0 Å². The zero-order valence-electron chi connectivity index (χ0n) is 12.4. The van der Waals surface area contributed by atoms with E-state index in [1.165, 1.54) is 19.3 Å². The van der Waals surface area contributed by atoms with Crippen LogP contribution < -0.4 is 5.32 Å². The molecule has 1 fully saturated rings. The minimum atomic E-state index is 0.662. The van der Waals surface area contributed by atoms with Gasteiger partial charge in [-0.2, -0.15) is 0 Å². The number of unbranched alkanes of at least 4 members (excludes halogenated alkanes) is 1. The predicted octanol–water partition coefficient (Wildman–Crippen LogP) is 3.74. The molecule has 0 radical (unpaired) electrons. The highest BCUT2D eigenvalue weighted by molar-refractivity contribution is 5.40. The summed E-state index contributed by atoms with van der Waals surface area (Å²) in [7, 11) is 0. The van der Waals surface area contributed by atoms with Crippen molar-refractivity contribution in [2.24, 2.45) is 11.8 Å². The van der Waals surface area contributed by atoms with Gasteiger partial charge in [-0.15, -0.1) is 12.3 Å². The number of rotatable bonds is 6. The van der Waals surface area contributed by atoms with Gasteiger partial charge in [-0.1, -0.05) is 31.2 Å². The second kappa shape index (κ2) is 6.02. The second-order valence-corrected chi connectivity index (χ2v) is 6.27. The number of nitrogens with one attached hydrogen (secondary N) is 1. The maximum atomic E-state index is 5.39. The van der Waals surface area contributed by atoms with Crippen molar-refractivity contribution in [3.05, 3.63) is 35.4 Å². The number of hydrogen-bond acceptors (Lipinski definition) is 1. The fourth-order valence-electron chi connectivity index (χ4n) is 4.29. The predicted molar refractivity (Wildman–Crippen MR) is 84.6 cm³/mol. The van der Waals surface area contributed by atoms with Crippen LogP contribution in [0.4, 0.5) is 0 Å². The molecule has 1 aromatic rings. The molecule has 2 aliphatic rings. The van der Waals surface area contributed by atoms with Gasteiger partial charge in [0.15, 0.2) is 0 Å². The van der Waals surface area contributed by atoms with Crippen molar-refractivity contribution >= 4 is 0 Å². The van der Waals surface area contributed by atoms with Crippen molar-refractivity contribution in [2.45, 2.75) is 51.0 Å². The highest BCUT2D eigenvalue weighted by atomic mass is 14.9. The minimum Gasteiger partial charge on any atom is -0.314 e. The number of hydrogen-bond donors (Lipinski definition) is 1. The fourth-order valence-corrected chi connectivity index (χ4v) is 4.29. The molecular formula is C19H25N. The summed E-state index contributed by atoms with van der Waals surface area (Å²) in [5.74, 6) is 5.35. The van der Waals surface area contributed by atoms with Gasteiger partial charge < -0.3 is 5.32 Å². The molecule has 20 heavy (non-hydrogen) atoms. The molecule has 1 heteroatoms. The van der Waals surface area contributed by atoms with Crippen LogP contribution in [-0.4, -0.2) is 12.6 Å². The van der Waals surface area contributed by atoms with Gasteiger partial charge >= 0.3 is 0 Å². The first kappa shape index (κ1) is 13.7. The molecule has 1 saturated carbocycles. The van der Waals surface area contributed by atoms with Crippen molar-refractivity contribution in [2.75, 3.05) is 6.54 Å². The van der Waals surface area contributed by atoms with Crippen LogP contribution in [0, 0.1) is 24.2 Å². The van der Waals surface area contributed by atoms with Crippen molar-refractivity contribution in [1.29, 1.82) is 0 Å². The summed E-state index contributed by atoms with van der Waals surface area (Å²) in [6, 6.07) is 9.73. The standard InChI is InChI=1S/C19H25N/c1-3-5-6-11-17(20-4-2)19-16-13-12-14-9-7-8-10-15(14)18(16)19/h1,7-10,16-20H,4-6,11-13H2,2H3. The molecule has 0 aliphatic heterocycles. The van der Waals surface area contributed by atoms with Crippen LogP contribution in [0.3, 0.4) is 0 Å². The van der Waals surface area contributed by atoms with Crippen LogP contribution in [0.15, 0.2) is 24.3 Å². The Morgan fingerprint density at radius 1 is 1.40 bits per heavy atom. The Hall–Kier alpha value is -1.26. The Labute approximate surface area is 123 Å². The lowest BCUT2D eigenvalue weighted by atomic mass is 9.92. The lowest BCUT2D eigenvalue weighted by Crippen LogP contribution is -2.31. The molecule has 2 aliphatic carbocycles. The van der Waals surface area contributed by atoms with Crippen LogP contribution >= 0.6 is 0 Å². The Morgan fingerprint density at radius 3 is 3.05 bits per heavy atom. The third kappa shape index (κ3) is 2.50. The zero-order valence-corrected chi connectivity index (χ0v) is 12.4. The number of fused-ring (bicyclic) bond motifs is 3. The first-order valence-electron chi connectivity index (χ1n) is 8.11. The summed E-state index contributed by atoms with van der Waals surface area (Å²) in [6.07, 6.45) is 11.4. The lowest BCUT2D eigenvalue weighted by Gasteiger charge is -2.18. The molecule has 4 unspecified atom stereocenters. The summed E-state index contributed by atoms with van der Waals surface area (Å²) in [4.78, 5) is 0. The van der Waals surface area contributed by atoms with Gasteiger partial charge in [-0.25, -0.2) is 0 Å². The largest absolute Gasteiger partial charge is 0.314 e. The molecule has 106 valence electrons. The van der Waals surface area contributed by atoms with E-state index in [-0.39, 0.29) is 0 Å². The second-order valence-electron chi connectivity index (χ2n) is 6.27. The first-order valence-corrected chi connectivity index (χ1v) is 8.11. The Kier molecular flexibility index (Phi) is 4.13. The van der Waals surface area contributed by atoms with Crippen LogP contribution in [-0.2, 0) is 6.42 Å². The van der Waals surface area contributed by atoms with E-state index in [0.29, 0.717) is 6.04 Å². The summed E-state index contributed by atoms with van der Waals surface area (Å²) < 4.78 is 0. The number of aryl methyl sites for hydroxylation is 1. The molecule has 0 heterocycles. The maximum Gasteiger partial charge on any atom is 0.0104 e. The normalized spacial score (nSPS) is 28.1. The summed E-state index contributed by atoms with van der Waals surface area (Å²) in [5.41, 5.74) is 3.23. The molecule has 0 saturated heterocycles. The number of terminal acetylenes is 1. The van der Waals surface area contributed by atoms with Gasteiger partial charge in [-0.05, 0) is 61.1 Å². The Bertz CT molecular complexity index is 499. The van der Waals surface area contributed by atoms with Gasteiger partial charge in [-0.3, -0.25) is 0 Å². The van der Waals surface area contributed by atoms with Gasteiger partial charge in [0.05, 0.1) is 0 Å². The van der Waals surface area contributed by atoms with Crippen LogP contribution in [0.2, 0.25) is 0 Å². The minimum absolute atomic E-state index is 0.662. The molecule has 1 aromatic carbocycles. The highest BCUT2D eigenvalue weighted by Crippen LogP contribution is 2.61. The van der Waals surface area contributed by atoms with E-state index in [4.69, 9.17) is 6.42 Å². The average Bonchev–Trinajstić information content (AvgIpc) is 3.21. The molecule has 4 atom stereocenters. The van der Waals surface area contributed by atoms with Crippen molar-refractivity contribution in [3.8, 4) is 12.3 Å². The average molecular weight is 267 g/mol. The van der Waals surface area contributed by atoms with E-state index in [1.807, 2.05) is 0 Å². The lowest BCUT2D eigenvalue weighted by molar-refractivity contribution is 0.411. The third-order valence-electron chi connectivity index (χ3n) is 5.16. The molecule has 0 aromatic heterocycles. The molecule has 3 rings (SSSR count). The fraction of sp³-hybridized carbons (Fsp3) is 0.579. The molecule has 1 nitrogen and oxygen atoms in total. The van der Waals surface area contributed by atoms with E-state index >= 15 is 0 Å². The summed E-state index contributed by atoms with van der Waals surface area (Å²) in [6.45, 7) is 3.28. The molecule has 0 spiro atoms.